The van der Waals surface area contributed by atoms with Gasteiger partial charge in [-0.2, -0.15) is 0 Å². The molecule has 1 saturated heterocycles. The highest BCUT2D eigenvalue weighted by Crippen LogP contribution is 2.34. The average molecular weight is 340 g/mol. The maximum atomic E-state index is 10.1. The van der Waals surface area contributed by atoms with Crippen LogP contribution in [0.1, 0.15) is 38.8 Å². The van der Waals surface area contributed by atoms with Crippen LogP contribution < -0.4 is 4.74 Å². The summed E-state index contributed by atoms with van der Waals surface area (Å²) < 4.78 is 11.2. The molecule has 24 heavy (non-hydrogen) atoms. The Bertz CT molecular complexity index is 551. The Morgan fingerprint density at radius 2 is 1.75 bits per heavy atom. The molecule has 136 valence electrons. The molecule has 1 fully saturated rings. The van der Waals surface area contributed by atoms with E-state index in [0.717, 1.165) is 12.0 Å². The Morgan fingerprint density at radius 3 is 2.29 bits per heavy atom. The van der Waals surface area contributed by atoms with Crippen molar-refractivity contribution >= 4 is 0 Å². The minimum Gasteiger partial charge on any atom is -0.462 e. The molecule has 0 amide bonds. The van der Waals surface area contributed by atoms with Crippen LogP contribution in [0.2, 0.25) is 0 Å². The summed E-state index contributed by atoms with van der Waals surface area (Å²) in [4.78, 5) is 0. The molecule has 0 spiro atoms. The second kappa shape index (κ2) is 7.37. The molecule has 0 aliphatic carbocycles. The van der Waals surface area contributed by atoms with Gasteiger partial charge in [-0.1, -0.05) is 39.8 Å². The Labute approximate surface area is 142 Å². The lowest BCUT2D eigenvalue weighted by molar-refractivity contribution is -0.277. The van der Waals surface area contributed by atoms with E-state index in [4.69, 9.17) is 9.47 Å². The first kappa shape index (κ1) is 19.1. The van der Waals surface area contributed by atoms with Crippen molar-refractivity contribution in [1.82, 2.24) is 0 Å². The molecule has 4 N–H and O–H groups in total. The van der Waals surface area contributed by atoms with Crippen molar-refractivity contribution < 1.29 is 29.9 Å². The lowest BCUT2D eigenvalue weighted by atomic mass is 9.85. The third-order valence-corrected chi connectivity index (χ3v) is 4.35. The highest BCUT2D eigenvalue weighted by molar-refractivity contribution is 5.41. The Hall–Kier alpha value is -1.18. The lowest BCUT2D eigenvalue weighted by Gasteiger charge is -2.40. The molecule has 0 bridgehead atoms. The van der Waals surface area contributed by atoms with Gasteiger partial charge in [0.25, 0.3) is 0 Å². The molecule has 1 aromatic rings. The Morgan fingerprint density at radius 1 is 1.08 bits per heavy atom. The van der Waals surface area contributed by atoms with Gasteiger partial charge in [-0.25, -0.2) is 0 Å². The maximum absolute atomic E-state index is 10.1. The zero-order valence-corrected chi connectivity index (χ0v) is 14.6. The standard InChI is InChI=1S/C18H28O6/c1-5-10-6-7-12(11(8-10)18(2,3)4)23-17-16(22)15(21)14(20)13(9-19)24-17/h6-8,13-17,19-22H,5,9H2,1-4H3/t13-,14+,15-,16-,17-/m1/s1. The monoisotopic (exact) mass is 340 g/mol. The zero-order valence-electron chi connectivity index (χ0n) is 14.6. The lowest BCUT2D eigenvalue weighted by Crippen LogP contribution is -2.60. The smallest absolute Gasteiger partial charge is 0.229 e. The van der Waals surface area contributed by atoms with Gasteiger partial charge in [0.1, 0.15) is 30.2 Å². The van der Waals surface area contributed by atoms with Gasteiger partial charge < -0.3 is 29.9 Å². The Balaban J connectivity index is 2.30. The predicted molar refractivity (Wildman–Crippen MR) is 88.9 cm³/mol. The van der Waals surface area contributed by atoms with Gasteiger partial charge in [-0.15, -0.1) is 0 Å². The van der Waals surface area contributed by atoms with Gasteiger partial charge in [0.05, 0.1) is 6.61 Å². The third kappa shape index (κ3) is 3.90. The number of aryl methyl sites for hydroxylation is 1. The SMILES string of the molecule is CCc1ccc(O[C@@H]2O[C@H](CO)[C@H](O)[C@@H](O)[C@H]2O)c(C(C)(C)C)c1. The Kier molecular flexibility index (Phi) is 5.88. The van der Waals surface area contributed by atoms with Crippen LogP contribution in [0.15, 0.2) is 18.2 Å². The van der Waals surface area contributed by atoms with Crippen LogP contribution in [-0.4, -0.2) is 57.7 Å². The molecule has 1 aromatic carbocycles. The summed E-state index contributed by atoms with van der Waals surface area (Å²) in [5.74, 6) is 0.545. The summed E-state index contributed by atoms with van der Waals surface area (Å²) in [6.45, 7) is 7.76. The van der Waals surface area contributed by atoms with Crippen molar-refractivity contribution in [2.75, 3.05) is 6.61 Å². The molecule has 5 atom stereocenters. The highest BCUT2D eigenvalue weighted by Gasteiger charge is 2.45. The van der Waals surface area contributed by atoms with E-state index in [-0.39, 0.29) is 5.41 Å². The molecule has 0 unspecified atom stereocenters. The van der Waals surface area contributed by atoms with Gasteiger partial charge in [0, 0.05) is 0 Å². The van der Waals surface area contributed by atoms with E-state index in [2.05, 4.69) is 33.8 Å². The number of hydrogen-bond donors (Lipinski definition) is 4. The van der Waals surface area contributed by atoms with Crippen molar-refractivity contribution in [3.63, 3.8) is 0 Å². The molecule has 1 aliphatic rings. The second-order valence-electron chi connectivity index (χ2n) is 7.25. The van der Waals surface area contributed by atoms with E-state index < -0.39 is 37.3 Å². The minimum atomic E-state index is -1.45. The van der Waals surface area contributed by atoms with Crippen molar-refractivity contribution in [1.29, 1.82) is 0 Å². The quantitative estimate of drug-likeness (QED) is 0.645. The molecule has 6 heteroatoms. The molecular weight excluding hydrogens is 312 g/mol. The summed E-state index contributed by atoms with van der Waals surface area (Å²) in [7, 11) is 0. The van der Waals surface area contributed by atoms with Crippen LogP contribution >= 0.6 is 0 Å². The highest BCUT2D eigenvalue weighted by atomic mass is 16.7. The third-order valence-electron chi connectivity index (χ3n) is 4.35. The molecular formula is C18H28O6. The summed E-state index contributed by atoms with van der Waals surface area (Å²) >= 11 is 0. The topological polar surface area (TPSA) is 99.4 Å². The minimum absolute atomic E-state index is 0.186. The summed E-state index contributed by atoms with van der Waals surface area (Å²) in [5, 5.41) is 39.1. The summed E-state index contributed by atoms with van der Waals surface area (Å²) in [6.07, 6.45) is -5.52. The number of aliphatic hydroxyl groups is 4. The molecule has 2 rings (SSSR count). The number of rotatable bonds is 4. The van der Waals surface area contributed by atoms with Gasteiger partial charge in [-0.05, 0) is 29.0 Å². The average Bonchev–Trinajstić information content (AvgIpc) is 2.54. The molecule has 0 aromatic heterocycles. The van der Waals surface area contributed by atoms with Crippen molar-refractivity contribution in [2.24, 2.45) is 0 Å². The van der Waals surface area contributed by atoms with Crippen LogP contribution in [0.3, 0.4) is 0 Å². The fourth-order valence-corrected chi connectivity index (χ4v) is 2.78. The van der Waals surface area contributed by atoms with E-state index in [0.29, 0.717) is 5.75 Å². The van der Waals surface area contributed by atoms with Crippen LogP contribution in [0.25, 0.3) is 0 Å². The molecule has 0 radical (unpaired) electrons. The maximum Gasteiger partial charge on any atom is 0.229 e. The van der Waals surface area contributed by atoms with Gasteiger partial charge >= 0.3 is 0 Å². The first-order valence-corrected chi connectivity index (χ1v) is 8.29. The van der Waals surface area contributed by atoms with Crippen LogP contribution in [0.5, 0.6) is 5.75 Å². The van der Waals surface area contributed by atoms with Crippen LogP contribution in [0, 0.1) is 0 Å². The molecule has 1 aliphatic heterocycles. The fraction of sp³-hybridized carbons (Fsp3) is 0.667. The zero-order chi connectivity index (χ0) is 18.1. The number of ether oxygens (including phenoxy) is 2. The summed E-state index contributed by atoms with van der Waals surface area (Å²) in [6, 6.07) is 5.81. The van der Waals surface area contributed by atoms with Gasteiger partial charge in [0.2, 0.25) is 6.29 Å². The second-order valence-corrected chi connectivity index (χ2v) is 7.25. The van der Waals surface area contributed by atoms with E-state index >= 15 is 0 Å². The molecule has 0 saturated carbocycles. The normalized spacial score (nSPS) is 31.1. The van der Waals surface area contributed by atoms with Gasteiger partial charge in [-0.3, -0.25) is 0 Å². The van der Waals surface area contributed by atoms with Crippen LogP contribution in [-0.2, 0) is 16.6 Å². The van der Waals surface area contributed by atoms with Crippen molar-refractivity contribution in [3.05, 3.63) is 29.3 Å². The van der Waals surface area contributed by atoms with Crippen LogP contribution in [0.4, 0.5) is 0 Å². The largest absolute Gasteiger partial charge is 0.462 e. The molecule has 1 heterocycles. The molecule has 6 nitrogen and oxygen atoms in total. The van der Waals surface area contributed by atoms with E-state index in [1.807, 2.05) is 12.1 Å². The fourth-order valence-electron chi connectivity index (χ4n) is 2.78. The van der Waals surface area contributed by atoms with Crippen molar-refractivity contribution in [2.45, 2.75) is 70.2 Å². The van der Waals surface area contributed by atoms with Crippen molar-refractivity contribution in [3.8, 4) is 5.75 Å². The first-order chi connectivity index (χ1) is 11.2. The van der Waals surface area contributed by atoms with E-state index in [1.165, 1.54) is 5.56 Å². The number of hydrogen-bond acceptors (Lipinski definition) is 6. The predicted octanol–water partition coefficient (Wildman–Crippen LogP) is 0.725. The number of benzene rings is 1. The summed E-state index contributed by atoms with van der Waals surface area (Å²) in [5.41, 5.74) is 1.94. The first-order valence-electron chi connectivity index (χ1n) is 8.29. The number of aliphatic hydroxyl groups excluding tert-OH is 4. The van der Waals surface area contributed by atoms with Gasteiger partial charge in [0.15, 0.2) is 0 Å². The van der Waals surface area contributed by atoms with E-state index in [9.17, 15) is 20.4 Å². The van der Waals surface area contributed by atoms with E-state index in [1.54, 1.807) is 0 Å².